The summed E-state index contributed by atoms with van der Waals surface area (Å²) in [6, 6.07) is 10.8. The van der Waals surface area contributed by atoms with Gasteiger partial charge in [0.05, 0.1) is 6.07 Å². The Hall–Kier alpha value is -1.33. The van der Waals surface area contributed by atoms with Crippen LogP contribution in [-0.4, -0.2) is 6.54 Å². The molecular weight excluding hydrogens is 184 g/mol. The van der Waals surface area contributed by atoms with Crippen LogP contribution in [0.3, 0.4) is 0 Å². The van der Waals surface area contributed by atoms with Crippen molar-refractivity contribution in [1.29, 1.82) is 5.26 Å². The Balaban J connectivity index is 1.92. The fourth-order valence-electron chi connectivity index (χ4n) is 1.86. The van der Waals surface area contributed by atoms with E-state index in [1.54, 1.807) is 0 Å². The minimum Gasteiger partial charge on any atom is -0.312 e. The summed E-state index contributed by atoms with van der Waals surface area (Å²) in [6.45, 7) is 1.68. The molecule has 0 spiro atoms. The molecule has 0 heterocycles. The van der Waals surface area contributed by atoms with Crippen LogP contribution in [0, 0.1) is 11.3 Å². The first-order valence-electron chi connectivity index (χ1n) is 5.57. The molecule has 1 aliphatic carbocycles. The van der Waals surface area contributed by atoms with Crippen molar-refractivity contribution in [3.05, 3.63) is 35.4 Å². The summed E-state index contributed by atoms with van der Waals surface area (Å²) in [6.07, 6.45) is 3.27. The van der Waals surface area contributed by atoms with Crippen LogP contribution in [0.15, 0.2) is 24.3 Å². The third kappa shape index (κ3) is 2.81. The van der Waals surface area contributed by atoms with Gasteiger partial charge >= 0.3 is 0 Å². The molecule has 1 aromatic rings. The first kappa shape index (κ1) is 10.2. The van der Waals surface area contributed by atoms with Crippen molar-refractivity contribution >= 4 is 0 Å². The second-order valence-corrected chi connectivity index (χ2v) is 4.06. The molecule has 0 aliphatic heterocycles. The zero-order valence-corrected chi connectivity index (χ0v) is 8.87. The lowest BCUT2D eigenvalue weighted by Crippen LogP contribution is -2.15. The molecule has 2 rings (SSSR count). The molecule has 0 saturated heterocycles. The van der Waals surface area contributed by atoms with Gasteiger partial charge in [-0.15, -0.1) is 0 Å². The van der Waals surface area contributed by atoms with Gasteiger partial charge in [-0.2, -0.15) is 5.26 Å². The van der Waals surface area contributed by atoms with E-state index in [1.807, 2.05) is 0 Å². The van der Waals surface area contributed by atoms with Gasteiger partial charge in [-0.25, -0.2) is 0 Å². The monoisotopic (exact) mass is 200 g/mol. The van der Waals surface area contributed by atoms with Gasteiger partial charge in [-0.1, -0.05) is 24.3 Å². The average molecular weight is 200 g/mol. The van der Waals surface area contributed by atoms with E-state index < -0.39 is 0 Å². The van der Waals surface area contributed by atoms with Crippen molar-refractivity contribution in [3.63, 3.8) is 0 Å². The highest BCUT2D eigenvalue weighted by Crippen LogP contribution is 2.41. The summed E-state index contributed by atoms with van der Waals surface area (Å²) >= 11 is 0. The fourth-order valence-corrected chi connectivity index (χ4v) is 1.86. The predicted molar refractivity (Wildman–Crippen MR) is 60.4 cm³/mol. The molecule has 0 bridgehead atoms. The van der Waals surface area contributed by atoms with Gasteiger partial charge in [0.2, 0.25) is 0 Å². The zero-order valence-electron chi connectivity index (χ0n) is 8.87. The van der Waals surface area contributed by atoms with Crippen molar-refractivity contribution in [2.75, 3.05) is 6.54 Å². The van der Waals surface area contributed by atoms with Crippen molar-refractivity contribution in [2.24, 2.45) is 0 Å². The maximum absolute atomic E-state index is 8.43. The van der Waals surface area contributed by atoms with Gasteiger partial charge in [0.15, 0.2) is 0 Å². The normalized spacial score (nSPS) is 14.9. The molecule has 0 atom stereocenters. The van der Waals surface area contributed by atoms with E-state index in [4.69, 9.17) is 5.26 Å². The number of hydrogen-bond donors (Lipinski definition) is 1. The maximum atomic E-state index is 8.43. The molecule has 1 aliphatic rings. The molecule has 0 aromatic heterocycles. The van der Waals surface area contributed by atoms with Gasteiger partial charge in [0.1, 0.15) is 0 Å². The van der Waals surface area contributed by atoms with E-state index in [9.17, 15) is 0 Å². The number of benzene rings is 1. The Kier molecular flexibility index (Phi) is 3.37. The Morgan fingerprint density at radius 1 is 1.33 bits per heavy atom. The lowest BCUT2D eigenvalue weighted by atomic mass is 10.0. The number of nitrogens with zero attached hydrogens (tertiary/aromatic N) is 1. The molecule has 0 unspecified atom stereocenters. The average Bonchev–Trinajstić information content (AvgIpc) is 3.09. The van der Waals surface area contributed by atoms with Crippen LogP contribution in [0.4, 0.5) is 0 Å². The maximum Gasteiger partial charge on any atom is 0.0635 e. The second kappa shape index (κ2) is 4.95. The van der Waals surface area contributed by atoms with E-state index in [-0.39, 0.29) is 0 Å². The van der Waals surface area contributed by atoms with Gasteiger partial charge in [-0.3, -0.25) is 0 Å². The Labute approximate surface area is 90.9 Å². The van der Waals surface area contributed by atoms with E-state index in [2.05, 4.69) is 35.7 Å². The lowest BCUT2D eigenvalue weighted by Gasteiger charge is -2.08. The smallest absolute Gasteiger partial charge is 0.0635 e. The fraction of sp³-hybridized carbons (Fsp3) is 0.462. The summed E-state index contributed by atoms with van der Waals surface area (Å²) in [5, 5.41) is 11.7. The Morgan fingerprint density at radius 3 is 2.87 bits per heavy atom. The number of nitrogens with one attached hydrogen (secondary N) is 1. The van der Waals surface area contributed by atoms with Crippen LogP contribution in [0.25, 0.3) is 0 Å². The minimum atomic E-state index is 0.589. The molecule has 0 radical (unpaired) electrons. The summed E-state index contributed by atoms with van der Waals surface area (Å²) < 4.78 is 0. The van der Waals surface area contributed by atoms with Crippen LogP contribution < -0.4 is 5.32 Å². The highest BCUT2D eigenvalue weighted by Gasteiger charge is 2.25. The molecule has 1 N–H and O–H groups in total. The van der Waals surface area contributed by atoms with Crippen molar-refractivity contribution in [3.8, 4) is 6.07 Å². The molecule has 0 amide bonds. The summed E-state index contributed by atoms with van der Waals surface area (Å²) in [7, 11) is 0. The van der Waals surface area contributed by atoms with Crippen molar-refractivity contribution < 1.29 is 0 Å². The van der Waals surface area contributed by atoms with Gasteiger partial charge < -0.3 is 5.32 Å². The SMILES string of the molecule is N#CCCNCc1ccccc1C1CC1. The van der Waals surface area contributed by atoms with Crippen LogP contribution >= 0.6 is 0 Å². The third-order valence-corrected chi connectivity index (χ3v) is 2.80. The molecule has 1 fully saturated rings. The molecule has 2 heteroatoms. The highest BCUT2D eigenvalue weighted by atomic mass is 14.8. The molecule has 1 aromatic carbocycles. The molecular formula is C13H16N2. The number of hydrogen-bond acceptors (Lipinski definition) is 2. The first-order chi connectivity index (χ1) is 7.42. The van der Waals surface area contributed by atoms with Gasteiger partial charge in [-0.05, 0) is 29.9 Å². The molecule has 78 valence electrons. The van der Waals surface area contributed by atoms with E-state index in [0.717, 1.165) is 19.0 Å². The quantitative estimate of drug-likeness (QED) is 0.741. The van der Waals surface area contributed by atoms with Gasteiger partial charge in [0.25, 0.3) is 0 Å². The Morgan fingerprint density at radius 2 is 2.13 bits per heavy atom. The molecule has 2 nitrogen and oxygen atoms in total. The first-order valence-corrected chi connectivity index (χ1v) is 5.57. The summed E-state index contributed by atoms with van der Waals surface area (Å²) in [5.41, 5.74) is 2.90. The zero-order chi connectivity index (χ0) is 10.5. The predicted octanol–water partition coefficient (Wildman–Crippen LogP) is 2.57. The summed E-state index contributed by atoms with van der Waals surface area (Å²) in [5.74, 6) is 0.805. The Bertz CT molecular complexity index is 361. The van der Waals surface area contributed by atoms with E-state index >= 15 is 0 Å². The lowest BCUT2D eigenvalue weighted by molar-refractivity contribution is 0.693. The second-order valence-electron chi connectivity index (χ2n) is 4.06. The van der Waals surface area contributed by atoms with Crippen LogP contribution in [0.5, 0.6) is 0 Å². The topological polar surface area (TPSA) is 35.8 Å². The van der Waals surface area contributed by atoms with Crippen LogP contribution in [0.2, 0.25) is 0 Å². The number of nitriles is 1. The van der Waals surface area contributed by atoms with Crippen LogP contribution in [-0.2, 0) is 6.54 Å². The van der Waals surface area contributed by atoms with Crippen LogP contribution in [0.1, 0.15) is 36.3 Å². The van der Waals surface area contributed by atoms with E-state index in [1.165, 1.54) is 24.0 Å². The van der Waals surface area contributed by atoms with Crippen molar-refractivity contribution in [2.45, 2.75) is 31.7 Å². The summed E-state index contributed by atoms with van der Waals surface area (Å²) in [4.78, 5) is 0. The number of rotatable bonds is 5. The van der Waals surface area contributed by atoms with Crippen molar-refractivity contribution in [1.82, 2.24) is 5.32 Å². The molecule has 1 saturated carbocycles. The minimum absolute atomic E-state index is 0.589. The molecule has 15 heavy (non-hydrogen) atoms. The standard InChI is InChI=1S/C13H16N2/c14-8-3-9-15-10-12-4-1-2-5-13(12)11-6-7-11/h1-2,4-5,11,15H,3,6-7,9-10H2. The van der Waals surface area contributed by atoms with E-state index in [0.29, 0.717) is 6.42 Å². The highest BCUT2D eigenvalue weighted by molar-refractivity contribution is 5.33. The third-order valence-electron chi connectivity index (χ3n) is 2.80. The van der Waals surface area contributed by atoms with Gasteiger partial charge in [0, 0.05) is 19.5 Å². The largest absolute Gasteiger partial charge is 0.312 e.